The molecule has 2 aromatic carbocycles. The van der Waals surface area contributed by atoms with Crippen LogP contribution in [-0.4, -0.2) is 11.3 Å². The van der Waals surface area contributed by atoms with E-state index in [1.807, 2.05) is 49.4 Å². The second kappa shape index (κ2) is 8.23. The van der Waals surface area contributed by atoms with Gasteiger partial charge in [0.15, 0.2) is 0 Å². The van der Waals surface area contributed by atoms with Crippen LogP contribution in [0.4, 0.5) is 4.79 Å². The number of rotatable bonds is 7. The van der Waals surface area contributed by atoms with Crippen LogP contribution in [0.2, 0.25) is 0 Å². The average molecular weight is 298 g/mol. The van der Waals surface area contributed by atoms with Crippen LogP contribution in [-0.2, 0) is 11.2 Å². The molecule has 3 nitrogen and oxygen atoms in total. The van der Waals surface area contributed by atoms with Gasteiger partial charge in [-0.05, 0) is 49.3 Å². The zero-order valence-corrected chi connectivity index (χ0v) is 12.9. The van der Waals surface area contributed by atoms with Gasteiger partial charge in [-0.15, -0.1) is 0 Å². The van der Waals surface area contributed by atoms with Crippen molar-refractivity contribution >= 4 is 6.16 Å². The number of carboxylic acid groups (broad SMARTS) is 1. The molecule has 22 heavy (non-hydrogen) atoms. The van der Waals surface area contributed by atoms with Gasteiger partial charge in [-0.1, -0.05) is 54.6 Å². The minimum absolute atomic E-state index is 0.380. The zero-order valence-electron chi connectivity index (χ0n) is 12.9. The fourth-order valence-electron chi connectivity index (χ4n) is 2.65. The molecule has 0 spiro atoms. The van der Waals surface area contributed by atoms with Crippen molar-refractivity contribution in [3.05, 3.63) is 71.3 Å². The largest absolute Gasteiger partial charge is 0.506 e. The van der Waals surface area contributed by atoms with Gasteiger partial charge in [0.1, 0.15) is 6.10 Å². The summed E-state index contributed by atoms with van der Waals surface area (Å²) in [5, 5.41) is 8.95. The summed E-state index contributed by atoms with van der Waals surface area (Å²) in [5.41, 5.74) is 3.34. The summed E-state index contributed by atoms with van der Waals surface area (Å²) >= 11 is 0. The molecule has 0 saturated heterocycles. The highest BCUT2D eigenvalue weighted by Gasteiger charge is 2.17. The minimum Gasteiger partial charge on any atom is -0.450 e. The molecule has 0 aliphatic rings. The molecular weight excluding hydrogens is 276 g/mol. The highest BCUT2D eigenvalue weighted by atomic mass is 16.7. The third-order valence-corrected chi connectivity index (χ3v) is 3.80. The third kappa shape index (κ3) is 4.92. The second-order valence-corrected chi connectivity index (χ2v) is 5.46. The van der Waals surface area contributed by atoms with Gasteiger partial charge in [0.05, 0.1) is 0 Å². The van der Waals surface area contributed by atoms with Crippen LogP contribution < -0.4 is 0 Å². The minimum atomic E-state index is -1.21. The first-order chi connectivity index (χ1) is 10.7. The zero-order chi connectivity index (χ0) is 15.8. The summed E-state index contributed by atoms with van der Waals surface area (Å²) < 4.78 is 5.09. The number of carbonyl (C=O) groups is 1. The topological polar surface area (TPSA) is 46.5 Å². The third-order valence-electron chi connectivity index (χ3n) is 3.80. The average Bonchev–Trinajstić information content (AvgIpc) is 2.51. The monoisotopic (exact) mass is 298 g/mol. The van der Waals surface area contributed by atoms with Crippen molar-refractivity contribution in [2.45, 2.75) is 38.7 Å². The Morgan fingerprint density at radius 2 is 1.73 bits per heavy atom. The number of ether oxygens (including phenoxy) is 1. The lowest BCUT2D eigenvalue weighted by Crippen LogP contribution is -2.10. The molecular formula is C19H22O3. The van der Waals surface area contributed by atoms with Crippen LogP contribution in [0, 0.1) is 6.92 Å². The molecule has 116 valence electrons. The lowest BCUT2D eigenvalue weighted by atomic mass is 9.98. The maximum Gasteiger partial charge on any atom is 0.506 e. The fourth-order valence-corrected chi connectivity index (χ4v) is 2.65. The number of aryl methyl sites for hydroxylation is 2. The Morgan fingerprint density at radius 1 is 1.05 bits per heavy atom. The molecule has 0 heterocycles. The van der Waals surface area contributed by atoms with Crippen LogP contribution in [0.1, 0.15) is 42.1 Å². The molecule has 0 aliphatic heterocycles. The molecule has 0 saturated carbocycles. The van der Waals surface area contributed by atoms with Gasteiger partial charge in [0.25, 0.3) is 0 Å². The Hall–Kier alpha value is -2.29. The van der Waals surface area contributed by atoms with E-state index in [0.29, 0.717) is 6.42 Å². The van der Waals surface area contributed by atoms with Crippen molar-refractivity contribution in [2.24, 2.45) is 0 Å². The summed E-state index contributed by atoms with van der Waals surface area (Å²) in [5.74, 6) is 0. The molecule has 2 rings (SSSR count). The normalized spacial score (nSPS) is 11.9. The number of benzene rings is 2. The highest BCUT2D eigenvalue weighted by molar-refractivity contribution is 5.57. The summed E-state index contributed by atoms with van der Waals surface area (Å²) in [6.45, 7) is 1.98. The molecule has 0 aliphatic carbocycles. The number of hydrogen-bond donors (Lipinski definition) is 1. The Morgan fingerprint density at radius 3 is 2.41 bits per heavy atom. The van der Waals surface area contributed by atoms with Crippen LogP contribution >= 0.6 is 0 Å². The number of hydrogen-bond acceptors (Lipinski definition) is 2. The summed E-state index contributed by atoms with van der Waals surface area (Å²) in [4.78, 5) is 10.9. The van der Waals surface area contributed by atoms with E-state index in [4.69, 9.17) is 9.84 Å². The first-order valence-corrected chi connectivity index (χ1v) is 7.66. The second-order valence-electron chi connectivity index (χ2n) is 5.46. The van der Waals surface area contributed by atoms with Crippen molar-refractivity contribution in [1.29, 1.82) is 0 Å². The predicted molar refractivity (Wildman–Crippen MR) is 87.0 cm³/mol. The SMILES string of the molecule is Cc1ccccc1C(CCCCc1ccccc1)OC(=O)O. The van der Waals surface area contributed by atoms with E-state index in [-0.39, 0.29) is 6.10 Å². The summed E-state index contributed by atoms with van der Waals surface area (Å²) in [6.07, 6.45) is 2.08. The molecule has 1 unspecified atom stereocenters. The van der Waals surface area contributed by atoms with E-state index in [9.17, 15) is 4.79 Å². The van der Waals surface area contributed by atoms with E-state index in [1.165, 1.54) is 5.56 Å². The first-order valence-electron chi connectivity index (χ1n) is 7.66. The van der Waals surface area contributed by atoms with E-state index in [1.54, 1.807) is 0 Å². The first kappa shape index (κ1) is 16.1. The lowest BCUT2D eigenvalue weighted by Gasteiger charge is -2.18. The van der Waals surface area contributed by atoms with Crippen molar-refractivity contribution in [3.8, 4) is 0 Å². The van der Waals surface area contributed by atoms with E-state index in [0.717, 1.165) is 30.4 Å². The summed E-state index contributed by atoms with van der Waals surface area (Å²) in [6, 6.07) is 18.1. The maximum absolute atomic E-state index is 10.9. The highest BCUT2D eigenvalue weighted by Crippen LogP contribution is 2.26. The Balaban J connectivity index is 1.90. The van der Waals surface area contributed by atoms with Crippen molar-refractivity contribution in [2.75, 3.05) is 0 Å². The van der Waals surface area contributed by atoms with E-state index in [2.05, 4.69) is 12.1 Å². The predicted octanol–water partition coefficient (Wildman–Crippen LogP) is 5.14. The van der Waals surface area contributed by atoms with Gasteiger partial charge >= 0.3 is 6.16 Å². The van der Waals surface area contributed by atoms with Gasteiger partial charge in [-0.3, -0.25) is 0 Å². The smallest absolute Gasteiger partial charge is 0.450 e. The van der Waals surface area contributed by atoms with Gasteiger partial charge in [0, 0.05) is 0 Å². The summed E-state index contributed by atoms with van der Waals surface area (Å²) in [7, 11) is 0. The molecule has 2 aromatic rings. The molecule has 0 aromatic heterocycles. The van der Waals surface area contributed by atoms with E-state index >= 15 is 0 Å². The van der Waals surface area contributed by atoms with E-state index < -0.39 is 6.16 Å². The molecule has 0 radical (unpaired) electrons. The molecule has 1 atom stereocenters. The van der Waals surface area contributed by atoms with Crippen LogP contribution in [0.25, 0.3) is 0 Å². The Bertz CT molecular complexity index is 593. The molecule has 1 N–H and O–H groups in total. The van der Waals surface area contributed by atoms with Gasteiger partial charge in [0.2, 0.25) is 0 Å². The lowest BCUT2D eigenvalue weighted by molar-refractivity contribution is 0.0462. The number of unbranched alkanes of at least 4 members (excludes halogenated alkanes) is 1. The fraction of sp³-hybridized carbons (Fsp3) is 0.316. The standard InChI is InChI=1S/C19H22O3/c1-15-9-5-7-13-17(15)18(22-19(20)21)14-8-6-12-16-10-3-2-4-11-16/h2-5,7,9-11,13,18H,6,8,12,14H2,1H3,(H,20,21). The Labute approximate surface area is 131 Å². The van der Waals surface area contributed by atoms with Crippen LogP contribution in [0.15, 0.2) is 54.6 Å². The molecule has 0 fully saturated rings. The Kier molecular flexibility index (Phi) is 6.01. The molecule has 0 bridgehead atoms. The van der Waals surface area contributed by atoms with Gasteiger partial charge < -0.3 is 9.84 Å². The van der Waals surface area contributed by atoms with Crippen molar-refractivity contribution in [3.63, 3.8) is 0 Å². The van der Waals surface area contributed by atoms with Crippen molar-refractivity contribution < 1.29 is 14.6 Å². The quantitative estimate of drug-likeness (QED) is 0.568. The molecule has 0 amide bonds. The van der Waals surface area contributed by atoms with Gasteiger partial charge in [-0.2, -0.15) is 0 Å². The van der Waals surface area contributed by atoms with Crippen molar-refractivity contribution in [1.82, 2.24) is 0 Å². The molecule has 3 heteroatoms. The maximum atomic E-state index is 10.9. The van der Waals surface area contributed by atoms with Crippen LogP contribution in [0.3, 0.4) is 0 Å². The van der Waals surface area contributed by atoms with Gasteiger partial charge in [-0.25, -0.2) is 4.79 Å². The van der Waals surface area contributed by atoms with Crippen LogP contribution in [0.5, 0.6) is 0 Å².